The number of pyridine rings is 1. The molecule has 0 N–H and O–H groups in total. The lowest BCUT2D eigenvalue weighted by Crippen LogP contribution is -1.87. The summed E-state index contributed by atoms with van der Waals surface area (Å²) in [4.78, 5) is 14.5. The lowest BCUT2D eigenvalue weighted by atomic mass is 10.3. The Morgan fingerprint density at radius 2 is 2.33 bits per heavy atom. The predicted octanol–water partition coefficient (Wildman–Crippen LogP) is 1.92. The highest BCUT2D eigenvalue weighted by molar-refractivity contribution is 6.66. The summed E-state index contributed by atoms with van der Waals surface area (Å²) in [5.41, 5.74) is 0.672. The maximum Gasteiger partial charge on any atom is 0.248 e. The van der Waals surface area contributed by atoms with Gasteiger partial charge in [0.25, 0.3) is 0 Å². The van der Waals surface area contributed by atoms with Crippen LogP contribution in [0, 0.1) is 0 Å². The molecule has 7 heteroatoms. The largest absolute Gasteiger partial charge is 0.481 e. The monoisotopic (exact) mass is 265 g/mol. The number of hydrogen-bond acceptors (Lipinski definition) is 6. The SMILES string of the molecule is COc1cc(-c2nnc(C=CC(=O)Cl)o2)ccn1. The molecular weight excluding hydrogens is 258 g/mol. The van der Waals surface area contributed by atoms with Gasteiger partial charge in [0.15, 0.2) is 0 Å². The van der Waals surface area contributed by atoms with E-state index < -0.39 is 5.24 Å². The minimum Gasteiger partial charge on any atom is -0.481 e. The molecule has 0 radical (unpaired) electrons. The molecule has 0 aromatic carbocycles. The fourth-order valence-corrected chi connectivity index (χ4v) is 1.27. The molecule has 0 spiro atoms. The van der Waals surface area contributed by atoms with Crippen molar-refractivity contribution in [2.45, 2.75) is 0 Å². The van der Waals surface area contributed by atoms with Crippen LogP contribution < -0.4 is 4.74 Å². The number of hydrogen-bond donors (Lipinski definition) is 0. The summed E-state index contributed by atoms with van der Waals surface area (Å²) in [6.45, 7) is 0. The van der Waals surface area contributed by atoms with Crippen molar-refractivity contribution < 1.29 is 13.9 Å². The first-order valence-corrected chi connectivity index (χ1v) is 5.28. The zero-order chi connectivity index (χ0) is 13.0. The molecule has 2 rings (SSSR count). The third-order valence-electron chi connectivity index (χ3n) is 1.99. The molecule has 0 saturated carbocycles. The Bertz CT molecular complexity index is 595. The normalized spacial score (nSPS) is 10.8. The van der Waals surface area contributed by atoms with Gasteiger partial charge in [0.2, 0.25) is 22.9 Å². The van der Waals surface area contributed by atoms with Gasteiger partial charge in [-0.05, 0) is 17.7 Å². The van der Waals surface area contributed by atoms with Crippen molar-refractivity contribution >= 4 is 22.9 Å². The zero-order valence-electron chi connectivity index (χ0n) is 9.33. The first-order chi connectivity index (χ1) is 8.69. The van der Waals surface area contributed by atoms with Crippen LogP contribution >= 0.6 is 11.6 Å². The summed E-state index contributed by atoms with van der Waals surface area (Å²) in [5, 5.41) is 6.97. The summed E-state index contributed by atoms with van der Waals surface area (Å²) >= 11 is 5.15. The number of carbonyl (C=O) groups is 1. The van der Waals surface area contributed by atoms with E-state index in [4.69, 9.17) is 20.8 Å². The van der Waals surface area contributed by atoms with Gasteiger partial charge in [0.05, 0.1) is 7.11 Å². The Morgan fingerprint density at radius 1 is 1.50 bits per heavy atom. The lowest BCUT2D eigenvalue weighted by molar-refractivity contribution is -0.107. The van der Waals surface area contributed by atoms with Crippen LogP contribution in [0.25, 0.3) is 17.5 Å². The van der Waals surface area contributed by atoms with E-state index in [-0.39, 0.29) is 5.89 Å². The zero-order valence-corrected chi connectivity index (χ0v) is 10.1. The van der Waals surface area contributed by atoms with E-state index in [1.165, 1.54) is 13.2 Å². The molecule has 0 unspecified atom stereocenters. The van der Waals surface area contributed by atoms with Crippen molar-refractivity contribution in [1.82, 2.24) is 15.2 Å². The average molecular weight is 266 g/mol. The number of carbonyl (C=O) groups excluding carboxylic acids is 1. The fourth-order valence-electron chi connectivity index (χ4n) is 1.21. The maximum absolute atomic E-state index is 10.5. The molecule has 0 bridgehead atoms. The van der Waals surface area contributed by atoms with Gasteiger partial charge < -0.3 is 9.15 Å². The minimum atomic E-state index is -0.611. The minimum absolute atomic E-state index is 0.190. The van der Waals surface area contributed by atoms with E-state index in [1.54, 1.807) is 18.3 Å². The van der Waals surface area contributed by atoms with Crippen LogP contribution in [0.3, 0.4) is 0 Å². The van der Waals surface area contributed by atoms with Crippen molar-refractivity contribution in [1.29, 1.82) is 0 Å². The Labute approximate surface area is 107 Å². The lowest BCUT2D eigenvalue weighted by Gasteiger charge is -1.98. The number of nitrogens with zero attached hydrogens (tertiary/aromatic N) is 3. The number of ether oxygens (including phenoxy) is 1. The van der Waals surface area contributed by atoms with Crippen LogP contribution in [0.15, 0.2) is 28.8 Å². The van der Waals surface area contributed by atoms with Crippen LogP contribution in [0.1, 0.15) is 5.89 Å². The highest BCUT2D eigenvalue weighted by Gasteiger charge is 2.08. The Kier molecular flexibility index (Phi) is 3.69. The average Bonchev–Trinajstić information content (AvgIpc) is 2.85. The quantitative estimate of drug-likeness (QED) is 0.621. The van der Waals surface area contributed by atoms with E-state index in [0.29, 0.717) is 17.3 Å². The standard InChI is InChI=1S/C11H8ClN3O3/c1-17-10-6-7(4-5-13-10)11-15-14-9(18-11)3-2-8(12)16/h2-6H,1H3. The van der Waals surface area contributed by atoms with Crippen LogP contribution in [0.5, 0.6) is 5.88 Å². The van der Waals surface area contributed by atoms with Crippen molar-refractivity contribution in [3.8, 4) is 17.3 Å². The maximum atomic E-state index is 10.5. The number of allylic oxidation sites excluding steroid dienone is 1. The first kappa shape index (κ1) is 12.3. The van der Waals surface area contributed by atoms with Crippen molar-refractivity contribution in [3.63, 3.8) is 0 Å². The molecule has 0 saturated heterocycles. The van der Waals surface area contributed by atoms with Gasteiger partial charge in [-0.3, -0.25) is 4.79 Å². The third kappa shape index (κ3) is 2.92. The fraction of sp³-hybridized carbons (Fsp3) is 0.0909. The topological polar surface area (TPSA) is 78.1 Å². The molecule has 0 aliphatic rings. The van der Waals surface area contributed by atoms with Gasteiger partial charge in [-0.15, -0.1) is 10.2 Å². The van der Waals surface area contributed by atoms with Crippen LogP contribution in [-0.2, 0) is 4.79 Å². The van der Waals surface area contributed by atoms with Gasteiger partial charge >= 0.3 is 0 Å². The molecule has 0 aliphatic heterocycles. The molecule has 0 atom stereocenters. The molecule has 0 aliphatic carbocycles. The Hall–Kier alpha value is -2.21. The molecule has 2 aromatic heterocycles. The van der Waals surface area contributed by atoms with Gasteiger partial charge in [-0.1, -0.05) is 0 Å². The summed E-state index contributed by atoms with van der Waals surface area (Å²) in [6.07, 6.45) is 4.03. The van der Waals surface area contributed by atoms with Crippen molar-refractivity contribution in [2.24, 2.45) is 0 Å². The van der Waals surface area contributed by atoms with Gasteiger partial charge in [-0.2, -0.15) is 0 Å². The summed E-state index contributed by atoms with van der Waals surface area (Å²) in [5.74, 6) is 0.936. The van der Waals surface area contributed by atoms with Gasteiger partial charge in [-0.25, -0.2) is 4.98 Å². The number of methoxy groups -OCH3 is 1. The van der Waals surface area contributed by atoms with Crippen LogP contribution in [-0.4, -0.2) is 27.5 Å². The Morgan fingerprint density at radius 3 is 3.06 bits per heavy atom. The highest BCUT2D eigenvalue weighted by atomic mass is 35.5. The summed E-state index contributed by atoms with van der Waals surface area (Å²) < 4.78 is 10.3. The molecule has 0 amide bonds. The first-order valence-electron chi connectivity index (χ1n) is 4.90. The van der Waals surface area contributed by atoms with E-state index in [0.717, 1.165) is 6.08 Å². The molecule has 18 heavy (non-hydrogen) atoms. The van der Waals surface area contributed by atoms with E-state index >= 15 is 0 Å². The van der Waals surface area contributed by atoms with Crippen molar-refractivity contribution in [2.75, 3.05) is 7.11 Å². The number of rotatable bonds is 4. The van der Waals surface area contributed by atoms with Gasteiger partial charge in [0.1, 0.15) is 0 Å². The molecule has 2 heterocycles. The second kappa shape index (κ2) is 5.42. The second-order valence-corrected chi connectivity index (χ2v) is 3.54. The van der Waals surface area contributed by atoms with E-state index in [9.17, 15) is 4.79 Å². The molecular formula is C11H8ClN3O3. The van der Waals surface area contributed by atoms with Crippen LogP contribution in [0.2, 0.25) is 0 Å². The molecule has 6 nitrogen and oxygen atoms in total. The summed E-state index contributed by atoms with van der Waals surface area (Å²) in [7, 11) is 1.51. The molecule has 2 aromatic rings. The highest BCUT2D eigenvalue weighted by Crippen LogP contribution is 2.20. The van der Waals surface area contributed by atoms with Gasteiger partial charge in [0, 0.05) is 30.0 Å². The number of halogens is 1. The third-order valence-corrected chi connectivity index (χ3v) is 2.11. The summed E-state index contributed by atoms with van der Waals surface area (Å²) in [6, 6.07) is 3.37. The van der Waals surface area contributed by atoms with E-state index in [2.05, 4.69) is 15.2 Å². The molecule has 92 valence electrons. The Balaban J connectivity index is 2.26. The smallest absolute Gasteiger partial charge is 0.248 e. The van der Waals surface area contributed by atoms with E-state index in [1.807, 2.05) is 0 Å². The molecule has 0 fully saturated rings. The second-order valence-electron chi connectivity index (χ2n) is 3.17. The predicted molar refractivity (Wildman–Crippen MR) is 64.0 cm³/mol. The number of aromatic nitrogens is 3. The van der Waals surface area contributed by atoms with Crippen LogP contribution in [0.4, 0.5) is 0 Å². The van der Waals surface area contributed by atoms with Crippen molar-refractivity contribution in [3.05, 3.63) is 30.3 Å².